The molecule has 1 aromatic rings. The predicted molar refractivity (Wildman–Crippen MR) is 86.2 cm³/mol. The van der Waals surface area contributed by atoms with Crippen molar-refractivity contribution in [3.63, 3.8) is 0 Å². The largest absolute Gasteiger partial charge is 0.465 e. The van der Waals surface area contributed by atoms with E-state index in [-0.39, 0.29) is 5.90 Å². The van der Waals surface area contributed by atoms with Crippen molar-refractivity contribution in [2.75, 3.05) is 0 Å². The normalized spacial score (nSPS) is 15.0. The SMILES string of the molecule is CCC(CC)=C1N=C([C@H](Cc2ccccc2)NC(=O)O)OC1=O. The molecule has 1 aromatic carbocycles. The van der Waals surface area contributed by atoms with Gasteiger partial charge in [0.15, 0.2) is 5.70 Å². The molecule has 0 unspecified atom stereocenters. The van der Waals surface area contributed by atoms with E-state index in [0.29, 0.717) is 25.0 Å². The maximum atomic E-state index is 12.0. The average Bonchev–Trinajstić information content (AvgIpc) is 2.91. The van der Waals surface area contributed by atoms with Crippen molar-refractivity contribution >= 4 is 18.0 Å². The summed E-state index contributed by atoms with van der Waals surface area (Å²) >= 11 is 0. The minimum absolute atomic E-state index is 0.107. The van der Waals surface area contributed by atoms with Crippen LogP contribution in [0.1, 0.15) is 32.3 Å². The smallest absolute Gasteiger partial charge is 0.405 e. The molecule has 0 saturated carbocycles. The molecule has 6 heteroatoms. The van der Waals surface area contributed by atoms with Gasteiger partial charge in [0.25, 0.3) is 0 Å². The minimum Gasteiger partial charge on any atom is -0.465 e. The fraction of sp³-hybridized carbons (Fsp3) is 0.353. The van der Waals surface area contributed by atoms with E-state index in [0.717, 1.165) is 11.1 Å². The van der Waals surface area contributed by atoms with E-state index in [1.165, 1.54) is 0 Å². The van der Waals surface area contributed by atoms with E-state index in [1.54, 1.807) is 0 Å². The van der Waals surface area contributed by atoms with Crippen molar-refractivity contribution in [2.45, 2.75) is 39.2 Å². The third-order valence-corrected chi connectivity index (χ3v) is 3.68. The molecule has 0 fully saturated rings. The van der Waals surface area contributed by atoms with Crippen LogP contribution in [0.15, 0.2) is 46.6 Å². The van der Waals surface area contributed by atoms with Crippen LogP contribution in [0.2, 0.25) is 0 Å². The number of esters is 1. The Bertz CT molecular complexity index is 644. The van der Waals surface area contributed by atoms with Gasteiger partial charge in [0, 0.05) is 6.42 Å². The third-order valence-electron chi connectivity index (χ3n) is 3.68. The quantitative estimate of drug-likeness (QED) is 0.624. The summed E-state index contributed by atoms with van der Waals surface area (Å²) in [6, 6.07) is 8.68. The van der Waals surface area contributed by atoms with Gasteiger partial charge in [0.05, 0.1) is 0 Å². The number of hydrogen-bond acceptors (Lipinski definition) is 4. The molecule has 1 aliphatic heterocycles. The number of aliphatic imine (C=N–C) groups is 1. The van der Waals surface area contributed by atoms with E-state index >= 15 is 0 Å². The first-order valence-electron chi connectivity index (χ1n) is 7.61. The van der Waals surface area contributed by atoms with Crippen LogP contribution < -0.4 is 5.32 Å². The van der Waals surface area contributed by atoms with Gasteiger partial charge in [-0.15, -0.1) is 0 Å². The van der Waals surface area contributed by atoms with Crippen molar-refractivity contribution in [2.24, 2.45) is 4.99 Å². The highest BCUT2D eigenvalue weighted by atomic mass is 16.6. The molecule has 0 bridgehead atoms. The van der Waals surface area contributed by atoms with Gasteiger partial charge >= 0.3 is 12.1 Å². The lowest BCUT2D eigenvalue weighted by Gasteiger charge is -2.15. The van der Waals surface area contributed by atoms with Crippen LogP contribution in [0.4, 0.5) is 4.79 Å². The first-order valence-corrected chi connectivity index (χ1v) is 7.61. The number of ether oxygens (including phenoxy) is 1. The van der Waals surface area contributed by atoms with Crippen LogP contribution >= 0.6 is 0 Å². The fourth-order valence-electron chi connectivity index (χ4n) is 2.48. The van der Waals surface area contributed by atoms with Gasteiger partial charge in [-0.05, 0) is 24.0 Å². The van der Waals surface area contributed by atoms with Crippen LogP contribution in [0.3, 0.4) is 0 Å². The lowest BCUT2D eigenvalue weighted by Crippen LogP contribution is -2.42. The number of benzene rings is 1. The molecule has 0 aliphatic carbocycles. The Kier molecular flexibility index (Phi) is 5.51. The summed E-state index contributed by atoms with van der Waals surface area (Å²) in [7, 11) is 0. The van der Waals surface area contributed by atoms with Gasteiger partial charge in [-0.25, -0.2) is 14.6 Å². The Hall–Kier alpha value is -2.63. The molecule has 1 heterocycles. The van der Waals surface area contributed by atoms with Crippen molar-refractivity contribution in [1.29, 1.82) is 0 Å². The van der Waals surface area contributed by atoms with E-state index in [4.69, 9.17) is 9.84 Å². The highest BCUT2D eigenvalue weighted by molar-refractivity contribution is 6.07. The summed E-state index contributed by atoms with van der Waals surface area (Å²) in [5.74, 6) is -0.403. The molecule has 2 N–H and O–H groups in total. The monoisotopic (exact) mass is 316 g/mol. The Morgan fingerprint density at radius 2 is 1.91 bits per heavy atom. The number of rotatable bonds is 6. The van der Waals surface area contributed by atoms with Crippen molar-refractivity contribution in [3.8, 4) is 0 Å². The van der Waals surface area contributed by atoms with Gasteiger partial charge in [-0.1, -0.05) is 44.2 Å². The van der Waals surface area contributed by atoms with E-state index in [9.17, 15) is 9.59 Å². The second-order valence-electron chi connectivity index (χ2n) is 5.19. The zero-order valence-corrected chi connectivity index (χ0v) is 13.2. The van der Waals surface area contributed by atoms with Crippen LogP contribution in [-0.2, 0) is 16.0 Å². The number of nitrogens with one attached hydrogen (secondary N) is 1. The van der Waals surface area contributed by atoms with Gasteiger partial charge in [0.2, 0.25) is 5.90 Å². The maximum absolute atomic E-state index is 12.0. The minimum atomic E-state index is -1.19. The number of hydrogen-bond donors (Lipinski definition) is 2. The molecular weight excluding hydrogens is 296 g/mol. The second-order valence-corrected chi connectivity index (χ2v) is 5.19. The second kappa shape index (κ2) is 7.58. The van der Waals surface area contributed by atoms with Crippen LogP contribution in [0.5, 0.6) is 0 Å². The summed E-state index contributed by atoms with van der Waals surface area (Å²) in [5, 5.41) is 11.4. The highest BCUT2D eigenvalue weighted by Crippen LogP contribution is 2.22. The first kappa shape index (κ1) is 16.7. The number of cyclic esters (lactones) is 1. The number of allylic oxidation sites excluding steroid dienone is 1. The van der Waals surface area contributed by atoms with Gasteiger partial charge < -0.3 is 15.2 Å². The van der Waals surface area contributed by atoms with Crippen molar-refractivity contribution < 1.29 is 19.4 Å². The third kappa shape index (κ3) is 4.18. The summed E-state index contributed by atoms with van der Waals surface area (Å²) in [5.41, 5.74) is 2.13. The molecule has 1 aliphatic rings. The molecule has 23 heavy (non-hydrogen) atoms. The van der Waals surface area contributed by atoms with Crippen LogP contribution in [0, 0.1) is 0 Å². The number of carbonyl (C=O) groups is 2. The molecule has 0 spiro atoms. The lowest BCUT2D eigenvalue weighted by atomic mass is 10.1. The summed E-state index contributed by atoms with van der Waals surface area (Å²) < 4.78 is 5.22. The number of carboxylic acid groups (broad SMARTS) is 1. The predicted octanol–water partition coefficient (Wildman–Crippen LogP) is 2.89. The molecule has 122 valence electrons. The summed E-state index contributed by atoms with van der Waals surface area (Å²) in [4.78, 5) is 27.3. The highest BCUT2D eigenvalue weighted by Gasteiger charge is 2.31. The van der Waals surface area contributed by atoms with Crippen molar-refractivity contribution in [1.82, 2.24) is 5.32 Å². The molecule has 0 saturated heterocycles. The van der Waals surface area contributed by atoms with Crippen LogP contribution in [0.25, 0.3) is 0 Å². The Balaban J connectivity index is 2.29. The van der Waals surface area contributed by atoms with Gasteiger partial charge in [-0.2, -0.15) is 0 Å². The van der Waals surface area contributed by atoms with Gasteiger partial charge in [0.1, 0.15) is 6.04 Å². The Morgan fingerprint density at radius 3 is 2.48 bits per heavy atom. The lowest BCUT2D eigenvalue weighted by molar-refractivity contribution is -0.130. The van der Waals surface area contributed by atoms with E-state index in [2.05, 4.69) is 10.3 Å². The molecule has 0 aromatic heterocycles. The summed E-state index contributed by atoms with van der Waals surface area (Å²) in [6.45, 7) is 3.90. The van der Waals surface area contributed by atoms with E-state index < -0.39 is 18.1 Å². The molecule has 0 radical (unpaired) electrons. The Labute approximate surface area is 134 Å². The fourth-order valence-corrected chi connectivity index (χ4v) is 2.48. The zero-order valence-electron chi connectivity index (χ0n) is 13.2. The van der Waals surface area contributed by atoms with Crippen LogP contribution in [-0.4, -0.2) is 29.1 Å². The molecule has 1 atom stereocenters. The molecule has 1 amide bonds. The summed E-state index contributed by atoms with van der Waals surface area (Å²) in [6.07, 6.45) is 0.578. The van der Waals surface area contributed by atoms with Gasteiger partial charge in [-0.3, -0.25) is 0 Å². The van der Waals surface area contributed by atoms with Crippen molar-refractivity contribution in [3.05, 3.63) is 47.2 Å². The number of amides is 1. The number of carbonyl (C=O) groups excluding carboxylic acids is 1. The molecule has 6 nitrogen and oxygen atoms in total. The Morgan fingerprint density at radius 1 is 1.26 bits per heavy atom. The standard InChI is InChI=1S/C17H20N2O4/c1-3-12(4-2)14-16(20)23-15(19-14)13(18-17(21)22)10-11-8-6-5-7-9-11/h5-9,13,18H,3-4,10H2,1-2H3,(H,21,22)/t13-/m0/s1. The molecule has 2 rings (SSSR count). The maximum Gasteiger partial charge on any atom is 0.405 e. The topological polar surface area (TPSA) is 88.0 Å². The number of nitrogens with zero attached hydrogens (tertiary/aromatic N) is 1. The zero-order chi connectivity index (χ0) is 16.8. The van der Waals surface area contributed by atoms with E-state index in [1.807, 2.05) is 44.2 Å². The molecular formula is C17H20N2O4. The average molecular weight is 316 g/mol. The first-order chi connectivity index (χ1) is 11.0.